The Morgan fingerprint density at radius 1 is 1.23 bits per heavy atom. The summed E-state index contributed by atoms with van der Waals surface area (Å²) in [6.07, 6.45) is 0. The van der Waals surface area contributed by atoms with Crippen LogP contribution in [0.5, 0.6) is 5.75 Å². The fourth-order valence-electron chi connectivity index (χ4n) is 0.843. The highest BCUT2D eigenvalue weighted by atomic mass is 19.1. The van der Waals surface area contributed by atoms with E-state index in [4.69, 9.17) is 0 Å². The van der Waals surface area contributed by atoms with Gasteiger partial charge in [-0.3, -0.25) is 0 Å². The first kappa shape index (κ1) is 11.6. The van der Waals surface area contributed by atoms with E-state index in [1.807, 2.05) is 0 Å². The Labute approximate surface area is 76.7 Å². The molecule has 0 aliphatic carbocycles. The number of rotatable bonds is 1. The molecule has 0 unspecified atom stereocenters. The van der Waals surface area contributed by atoms with Crippen molar-refractivity contribution in [1.29, 1.82) is 0 Å². The van der Waals surface area contributed by atoms with Gasteiger partial charge in [0.15, 0.2) is 11.6 Å². The molecule has 0 bridgehead atoms. The summed E-state index contributed by atoms with van der Waals surface area (Å²) in [6, 6.07) is 2.14. The zero-order valence-corrected chi connectivity index (χ0v) is 7.73. The van der Waals surface area contributed by atoms with Crippen molar-refractivity contribution in [3.05, 3.63) is 42.5 Å². The van der Waals surface area contributed by atoms with E-state index < -0.39 is 11.6 Å². The SMILES string of the molecule is C=C.COc1cc(F)cc(C)c1F. The average Bonchev–Trinajstić information content (AvgIpc) is 2.14. The fraction of sp³-hybridized carbons (Fsp3) is 0.200. The third-order valence-corrected chi connectivity index (χ3v) is 1.41. The predicted octanol–water partition coefficient (Wildman–Crippen LogP) is 3.08. The van der Waals surface area contributed by atoms with Crippen LogP contribution in [0.1, 0.15) is 5.56 Å². The number of hydrogen-bond acceptors (Lipinski definition) is 1. The van der Waals surface area contributed by atoms with Gasteiger partial charge in [-0.25, -0.2) is 8.78 Å². The molecule has 0 saturated carbocycles. The quantitative estimate of drug-likeness (QED) is 0.612. The smallest absolute Gasteiger partial charge is 0.168 e. The first-order chi connectivity index (χ1) is 6.15. The molecule has 0 aromatic heterocycles. The largest absolute Gasteiger partial charge is 0.494 e. The van der Waals surface area contributed by atoms with Crippen LogP contribution in [0.2, 0.25) is 0 Å². The molecule has 1 rings (SSSR count). The van der Waals surface area contributed by atoms with Gasteiger partial charge in [-0.05, 0) is 18.6 Å². The number of ether oxygens (including phenoxy) is 1. The second kappa shape index (κ2) is 5.30. The molecule has 1 aromatic carbocycles. The van der Waals surface area contributed by atoms with Crippen LogP contribution in [0.15, 0.2) is 25.3 Å². The average molecular weight is 186 g/mol. The maximum absolute atomic E-state index is 12.9. The van der Waals surface area contributed by atoms with E-state index in [0.29, 0.717) is 0 Å². The minimum atomic E-state index is -0.506. The van der Waals surface area contributed by atoms with Crippen LogP contribution in [0.25, 0.3) is 0 Å². The minimum Gasteiger partial charge on any atom is -0.494 e. The van der Waals surface area contributed by atoms with Crippen LogP contribution in [0.3, 0.4) is 0 Å². The zero-order valence-electron chi connectivity index (χ0n) is 7.73. The van der Waals surface area contributed by atoms with Crippen molar-refractivity contribution < 1.29 is 13.5 Å². The van der Waals surface area contributed by atoms with Crippen LogP contribution in [-0.2, 0) is 0 Å². The van der Waals surface area contributed by atoms with Crippen molar-refractivity contribution in [2.24, 2.45) is 0 Å². The van der Waals surface area contributed by atoms with Gasteiger partial charge >= 0.3 is 0 Å². The lowest BCUT2D eigenvalue weighted by atomic mass is 10.2. The molecule has 0 saturated heterocycles. The van der Waals surface area contributed by atoms with Gasteiger partial charge in [0.2, 0.25) is 0 Å². The number of benzene rings is 1. The van der Waals surface area contributed by atoms with Gasteiger partial charge in [-0.1, -0.05) is 0 Å². The van der Waals surface area contributed by atoms with Gasteiger partial charge in [-0.15, -0.1) is 13.2 Å². The highest BCUT2D eigenvalue weighted by Gasteiger charge is 2.06. The molecule has 0 atom stereocenters. The summed E-state index contributed by atoms with van der Waals surface area (Å²) in [7, 11) is 1.30. The summed E-state index contributed by atoms with van der Waals surface area (Å²) in [5.74, 6) is -1.04. The number of hydrogen-bond donors (Lipinski definition) is 0. The van der Waals surface area contributed by atoms with Gasteiger partial charge in [0, 0.05) is 6.07 Å². The maximum atomic E-state index is 12.9. The molecular formula is C10H12F2O. The predicted molar refractivity (Wildman–Crippen MR) is 48.9 cm³/mol. The summed E-state index contributed by atoms with van der Waals surface area (Å²) in [5.41, 5.74) is 0.252. The van der Waals surface area contributed by atoms with Crippen LogP contribution in [0, 0.1) is 18.6 Å². The highest BCUT2D eigenvalue weighted by molar-refractivity contribution is 5.30. The second-order valence-corrected chi connectivity index (χ2v) is 2.24. The van der Waals surface area contributed by atoms with E-state index in [-0.39, 0.29) is 11.3 Å². The third kappa shape index (κ3) is 2.86. The fourth-order valence-corrected chi connectivity index (χ4v) is 0.843. The molecule has 0 aliphatic heterocycles. The summed E-state index contributed by atoms with van der Waals surface area (Å²) >= 11 is 0. The van der Waals surface area contributed by atoms with Gasteiger partial charge in [-0.2, -0.15) is 0 Å². The van der Waals surface area contributed by atoms with Crippen LogP contribution < -0.4 is 4.74 Å². The molecular weight excluding hydrogens is 174 g/mol. The van der Waals surface area contributed by atoms with E-state index in [0.717, 1.165) is 12.1 Å². The molecule has 1 nitrogen and oxygen atoms in total. The molecule has 0 radical (unpaired) electrons. The first-order valence-corrected chi connectivity index (χ1v) is 3.65. The van der Waals surface area contributed by atoms with Crippen molar-refractivity contribution in [3.8, 4) is 5.75 Å². The third-order valence-electron chi connectivity index (χ3n) is 1.41. The summed E-state index contributed by atoms with van der Waals surface area (Å²) in [5, 5.41) is 0. The molecule has 1 aromatic rings. The lowest BCUT2D eigenvalue weighted by Gasteiger charge is -2.03. The summed E-state index contributed by atoms with van der Waals surface area (Å²) in [6.45, 7) is 7.49. The first-order valence-electron chi connectivity index (χ1n) is 3.65. The van der Waals surface area contributed by atoms with E-state index in [1.165, 1.54) is 14.0 Å². The minimum absolute atomic E-state index is 0.0532. The normalized spacial score (nSPS) is 8.62. The Morgan fingerprint density at radius 3 is 2.23 bits per heavy atom. The van der Waals surface area contributed by atoms with Crippen LogP contribution in [0.4, 0.5) is 8.78 Å². The van der Waals surface area contributed by atoms with Crippen molar-refractivity contribution in [2.45, 2.75) is 6.92 Å². The Morgan fingerprint density at radius 2 is 1.77 bits per heavy atom. The molecule has 3 heteroatoms. The van der Waals surface area contributed by atoms with E-state index in [2.05, 4.69) is 17.9 Å². The Kier molecular flexibility index (Phi) is 4.74. The van der Waals surface area contributed by atoms with Gasteiger partial charge in [0.1, 0.15) is 5.82 Å². The Hall–Kier alpha value is -1.38. The summed E-state index contributed by atoms with van der Waals surface area (Å²) in [4.78, 5) is 0. The molecule has 13 heavy (non-hydrogen) atoms. The van der Waals surface area contributed by atoms with Crippen LogP contribution >= 0.6 is 0 Å². The van der Waals surface area contributed by atoms with E-state index in [1.54, 1.807) is 0 Å². The molecule has 0 amide bonds. The number of aryl methyl sites for hydroxylation is 1. The van der Waals surface area contributed by atoms with E-state index in [9.17, 15) is 8.78 Å². The van der Waals surface area contributed by atoms with Crippen molar-refractivity contribution in [1.82, 2.24) is 0 Å². The van der Waals surface area contributed by atoms with Crippen molar-refractivity contribution in [3.63, 3.8) is 0 Å². The lowest BCUT2D eigenvalue weighted by Crippen LogP contribution is -1.92. The van der Waals surface area contributed by atoms with E-state index >= 15 is 0 Å². The van der Waals surface area contributed by atoms with Crippen molar-refractivity contribution in [2.75, 3.05) is 7.11 Å². The second-order valence-electron chi connectivity index (χ2n) is 2.24. The zero-order chi connectivity index (χ0) is 10.4. The molecule has 0 spiro atoms. The Balaban J connectivity index is 0.000000671. The molecule has 0 fully saturated rings. The van der Waals surface area contributed by atoms with Crippen LogP contribution in [-0.4, -0.2) is 7.11 Å². The Bertz CT molecular complexity index is 284. The highest BCUT2D eigenvalue weighted by Crippen LogP contribution is 2.20. The topological polar surface area (TPSA) is 9.23 Å². The van der Waals surface area contributed by atoms with Gasteiger partial charge in [0.05, 0.1) is 7.11 Å². The van der Waals surface area contributed by atoms with Gasteiger partial charge < -0.3 is 4.74 Å². The number of halogens is 2. The summed E-state index contributed by atoms with van der Waals surface area (Å²) < 4.78 is 30.0. The van der Waals surface area contributed by atoms with Crippen molar-refractivity contribution >= 4 is 0 Å². The monoisotopic (exact) mass is 186 g/mol. The maximum Gasteiger partial charge on any atom is 0.168 e. The molecule has 0 heterocycles. The lowest BCUT2D eigenvalue weighted by molar-refractivity contribution is 0.381. The molecule has 0 aliphatic rings. The standard InChI is InChI=1S/C8H8F2O.C2H4/c1-5-3-6(9)4-7(11-2)8(5)10;1-2/h3-4H,1-2H3;1-2H2. The molecule has 0 N–H and O–H groups in total. The van der Waals surface area contributed by atoms with Gasteiger partial charge in [0.25, 0.3) is 0 Å². The molecule has 72 valence electrons. The number of methoxy groups -OCH3 is 1.